The van der Waals surface area contributed by atoms with Crippen molar-refractivity contribution >= 4 is 33.8 Å². The lowest BCUT2D eigenvalue weighted by molar-refractivity contribution is -0.124. The highest BCUT2D eigenvalue weighted by atomic mass is 79.9. The number of benzene rings is 1. The minimum Gasteiger partial charge on any atom is -0.496 e. The minimum atomic E-state index is -0.221. The topological polar surface area (TPSA) is 67.4 Å². The van der Waals surface area contributed by atoms with Gasteiger partial charge < -0.3 is 15.4 Å². The molecule has 0 unspecified atom stereocenters. The smallest absolute Gasteiger partial charge is 0.244 e. The second kappa shape index (κ2) is 9.25. The molecule has 0 heterocycles. The fourth-order valence-corrected chi connectivity index (χ4v) is 2.01. The van der Waals surface area contributed by atoms with E-state index in [0.717, 1.165) is 10.0 Å². The Morgan fingerprint density at radius 3 is 2.59 bits per heavy atom. The molecule has 0 saturated carbocycles. The molecule has 0 saturated heterocycles. The molecule has 0 aromatic heterocycles. The van der Waals surface area contributed by atoms with Gasteiger partial charge in [0.2, 0.25) is 11.8 Å². The van der Waals surface area contributed by atoms with Gasteiger partial charge in [0.25, 0.3) is 0 Å². The van der Waals surface area contributed by atoms with Crippen LogP contribution in [-0.4, -0.2) is 32.0 Å². The number of hydrogen-bond acceptors (Lipinski definition) is 3. The standard InChI is InChI=1S/C16H21BrN2O3/c1-11(2)16(21)19-9-8-18-15(20)7-4-12-10-13(17)5-6-14(12)22-3/h4-7,10-11H,8-9H2,1-3H3,(H,18,20)(H,19,21). The fraction of sp³-hybridized carbons (Fsp3) is 0.375. The van der Waals surface area contributed by atoms with Crippen molar-refractivity contribution in [1.29, 1.82) is 0 Å². The molecular formula is C16H21BrN2O3. The van der Waals surface area contributed by atoms with Crippen molar-refractivity contribution in [2.75, 3.05) is 20.2 Å². The quantitative estimate of drug-likeness (QED) is 0.573. The first-order valence-electron chi connectivity index (χ1n) is 7.01. The van der Waals surface area contributed by atoms with Gasteiger partial charge in [0.1, 0.15) is 5.75 Å². The molecule has 0 fully saturated rings. The highest BCUT2D eigenvalue weighted by Gasteiger charge is 2.05. The Hall–Kier alpha value is -1.82. The molecule has 120 valence electrons. The third-order valence-electron chi connectivity index (χ3n) is 2.85. The van der Waals surface area contributed by atoms with E-state index in [0.29, 0.717) is 18.8 Å². The first-order chi connectivity index (χ1) is 10.4. The van der Waals surface area contributed by atoms with Crippen LogP contribution in [-0.2, 0) is 9.59 Å². The normalized spacial score (nSPS) is 10.8. The van der Waals surface area contributed by atoms with Crippen LogP contribution in [0, 0.1) is 5.92 Å². The molecule has 1 aromatic carbocycles. The Labute approximate surface area is 139 Å². The van der Waals surface area contributed by atoms with Crippen molar-refractivity contribution < 1.29 is 14.3 Å². The van der Waals surface area contributed by atoms with Gasteiger partial charge in [-0.25, -0.2) is 0 Å². The van der Waals surface area contributed by atoms with Crippen molar-refractivity contribution in [3.05, 3.63) is 34.3 Å². The number of ether oxygens (including phenoxy) is 1. The summed E-state index contributed by atoms with van der Waals surface area (Å²) in [4.78, 5) is 23.1. The molecule has 22 heavy (non-hydrogen) atoms. The first kappa shape index (κ1) is 18.2. The summed E-state index contributed by atoms with van der Waals surface area (Å²) in [6.07, 6.45) is 3.13. The summed E-state index contributed by atoms with van der Waals surface area (Å²) in [5, 5.41) is 5.44. The molecule has 0 spiro atoms. The summed E-state index contributed by atoms with van der Waals surface area (Å²) in [5.41, 5.74) is 0.806. The molecule has 0 aliphatic heterocycles. The maximum atomic E-state index is 11.7. The summed E-state index contributed by atoms with van der Waals surface area (Å²) in [6.45, 7) is 4.44. The van der Waals surface area contributed by atoms with E-state index >= 15 is 0 Å². The average molecular weight is 369 g/mol. The van der Waals surface area contributed by atoms with Crippen LogP contribution in [0.15, 0.2) is 28.7 Å². The van der Waals surface area contributed by atoms with Gasteiger partial charge in [-0.05, 0) is 24.3 Å². The Bertz CT molecular complexity index is 556. The number of nitrogens with one attached hydrogen (secondary N) is 2. The highest BCUT2D eigenvalue weighted by Crippen LogP contribution is 2.23. The van der Waals surface area contributed by atoms with Crippen LogP contribution >= 0.6 is 15.9 Å². The fourth-order valence-electron chi connectivity index (χ4n) is 1.64. The second-order valence-electron chi connectivity index (χ2n) is 4.96. The van der Waals surface area contributed by atoms with E-state index in [9.17, 15) is 9.59 Å². The summed E-state index contributed by atoms with van der Waals surface area (Å²) in [7, 11) is 1.58. The molecule has 2 N–H and O–H groups in total. The Morgan fingerprint density at radius 2 is 1.95 bits per heavy atom. The lowest BCUT2D eigenvalue weighted by Crippen LogP contribution is -2.35. The molecular weight excluding hydrogens is 348 g/mol. The van der Waals surface area contributed by atoms with E-state index in [1.54, 1.807) is 13.2 Å². The number of rotatable bonds is 7. The monoisotopic (exact) mass is 368 g/mol. The Kier molecular flexibility index (Phi) is 7.66. The number of methoxy groups -OCH3 is 1. The summed E-state index contributed by atoms with van der Waals surface area (Å²) >= 11 is 3.38. The highest BCUT2D eigenvalue weighted by molar-refractivity contribution is 9.10. The molecule has 0 atom stereocenters. The zero-order chi connectivity index (χ0) is 16.5. The number of hydrogen-bond donors (Lipinski definition) is 2. The minimum absolute atomic E-state index is 0.0244. The Balaban J connectivity index is 2.45. The van der Waals surface area contributed by atoms with E-state index in [4.69, 9.17) is 4.74 Å². The number of carbonyl (C=O) groups is 2. The van der Waals surface area contributed by atoms with Crippen molar-refractivity contribution in [1.82, 2.24) is 10.6 Å². The number of halogens is 1. The van der Waals surface area contributed by atoms with Gasteiger partial charge in [-0.3, -0.25) is 9.59 Å². The Morgan fingerprint density at radius 1 is 1.27 bits per heavy atom. The van der Waals surface area contributed by atoms with Crippen LogP contribution in [0.2, 0.25) is 0 Å². The lowest BCUT2D eigenvalue weighted by Gasteiger charge is -2.08. The molecule has 2 amide bonds. The van der Waals surface area contributed by atoms with E-state index in [-0.39, 0.29) is 17.7 Å². The van der Waals surface area contributed by atoms with E-state index in [1.165, 1.54) is 6.08 Å². The van der Waals surface area contributed by atoms with Crippen LogP contribution in [0.3, 0.4) is 0 Å². The largest absolute Gasteiger partial charge is 0.496 e. The van der Waals surface area contributed by atoms with Gasteiger partial charge >= 0.3 is 0 Å². The predicted molar refractivity (Wildman–Crippen MR) is 90.6 cm³/mol. The van der Waals surface area contributed by atoms with Gasteiger partial charge in [0, 0.05) is 35.1 Å². The van der Waals surface area contributed by atoms with Crippen LogP contribution < -0.4 is 15.4 Å². The summed E-state index contributed by atoms with van der Waals surface area (Å²) < 4.78 is 6.14. The van der Waals surface area contributed by atoms with Gasteiger partial charge in [0.05, 0.1) is 7.11 Å². The van der Waals surface area contributed by atoms with Gasteiger partial charge in [-0.15, -0.1) is 0 Å². The molecule has 0 bridgehead atoms. The molecule has 0 aliphatic carbocycles. The first-order valence-corrected chi connectivity index (χ1v) is 7.80. The van der Waals surface area contributed by atoms with Gasteiger partial charge in [-0.2, -0.15) is 0 Å². The zero-order valence-corrected chi connectivity index (χ0v) is 14.6. The van der Waals surface area contributed by atoms with Gasteiger partial charge in [-0.1, -0.05) is 29.8 Å². The van der Waals surface area contributed by atoms with Gasteiger partial charge in [0.15, 0.2) is 0 Å². The zero-order valence-electron chi connectivity index (χ0n) is 13.0. The molecule has 0 radical (unpaired) electrons. The lowest BCUT2D eigenvalue weighted by atomic mass is 10.2. The van der Waals surface area contributed by atoms with Crippen LogP contribution in [0.1, 0.15) is 19.4 Å². The summed E-state index contributed by atoms with van der Waals surface area (Å²) in [5.74, 6) is 0.389. The van der Waals surface area contributed by atoms with E-state index in [2.05, 4.69) is 26.6 Å². The van der Waals surface area contributed by atoms with Crippen molar-refractivity contribution in [3.8, 4) is 5.75 Å². The SMILES string of the molecule is COc1ccc(Br)cc1C=CC(=O)NCCNC(=O)C(C)C. The maximum absolute atomic E-state index is 11.7. The third kappa shape index (κ3) is 6.30. The molecule has 5 nitrogen and oxygen atoms in total. The predicted octanol–water partition coefficient (Wildman–Crippen LogP) is 2.36. The summed E-state index contributed by atoms with van der Waals surface area (Å²) in [6, 6.07) is 5.56. The van der Waals surface area contributed by atoms with Crippen LogP contribution in [0.4, 0.5) is 0 Å². The maximum Gasteiger partial charge on any atom is 0.244 e. The number of carbonyl (C=O) groups excluding carboxylic acids is 2. The third-order valence-corrected chi connectivity index (χ3v) is 3.35. The second-order valence-corrected chi connectivity index (χ2v) is 5.87. The van der Waals surface area contributed by atoms with E-state index < -0.39 is 0 Å². The average Bonchev–Trinajstić information content (AvgIpc) is 2.49. The van der Waals surface area contributed by atoms with Crippen molar-refractivity contribution in [2.24, 2.45) is 5.92 Å². The van der Waals surface area contributed by atoms with Crippen molar-refractivity contribution in [3.63, 3.8) is 0 Å². The van der Waals surface area contributed by atoms with Crippen molar-refractivity contribution in [2.45, 2.75) is 13.8 Å². The van der Waals surface area contributed by atoms with Crippen LogP contribution in [0.25, 0.3) is 6.08 Å². The molecule has 1 aromatic rings. The number of amides is 2. The molecule has 6 heteroatoms. The molecule has 0 aliphatic rings. The van der Waals surface area contributed by atoms with Crippen LogP contribution in [0.5, 0.6) is 5.75 Å². The van der Waals surface area contributed by atoms with E-state index in [1.807, 2.05) is 32.0 Å². The molecule has 1 rings (SSSR count).